The van der Waals surface area contributed by atoms with Crippen molar-refractivity contribution in [3.63, 3.8) is 0 Å². The smallest absolute Gasteiger partial charge is 0.408 e. The molecule has 0 saturated carbocycles. The summed E-state index contributed by atoms with van der Waals surface area (Å²) in [6, 6.07) is 7.21. The van der Waals surface area contributed by atoms with Crippen LogP contribution in [0.4, 0.5) is 10.5 Å². The van der Waals surface area contributed by atoms with Gasteiger partial charge < -0.3 is 15.4 Å². The first-order valence-electron chi connectivity index (χ1n) is 4.60. The lowest BCUT2D eigenvalue weighted by Gasteiger charge is -2.17. The average Bonchev–Trinajstić information content (AvgIpc) is 2.73. The second-order valence-electron chi connectivity index (χ2n) is 3.57. The molecule has 1 aromatic carbocycles. The number of hydrogen-bond acceptors (Lipinski definition) is 3. The van der Waals surface area contributed by atoms with E-state index in [9.17, 15) is 9.59 Å². The van der Waals surface area contributed by atoms with Crippen LogP contribution >= 0.6 is 0 Å². The lowest BCUT2D eigenvalue weighted by atomic mass is 9.96. The minimum absolute atomic E-state index is 0.189. The van der Waals surface area contributed by atoms with Crippen LogP contribution in [-0.4, -0.2) is 18.5 Å². The molecule has 2 heterocycles. The molecule has 5 nitrogen and oxygen atoms in total. The van der Waals surface area contributed by atoms with Crippen molar-refractivity contribution >= 4 is 17.7 Å². The maximum absolute atomic E-state index is 11.8. The van der Waals surface area contributed by atoms with Crippen LogP contribution in [0.3, 0.4) is 0 Å². The first-order chi connectivity index (χ1) is 7.22. The molecule has 0 aliphatic carbocycles. The van der Waals surface area contributed by atoms with Gasteiger partial charge in [0, 0.05) is 11.3 Å². The third kappa shape index (κ3) is 0.918. The third-order valence-corrected chi connectivity index (χ3v) is 2.73. The van der Waals surface area contributed by atoms with Crippen LogP contribution in [0.5, 0.6) is 0 Å². The first kappa shape index (κ1) is 8.28. The van der Waals surface area contributed by atoms with E-state index in [-0.39, 0.29) is 12.5 Å². The molecule has 0 radical (unpaired) electrons. The minimum Gasteiger partial charge on any atom is -0.426 e. The van der Waals surface area contributed by atoms with Gasteiger partial charge in [0.15, 0.2) is 0 Å². The van der Waals surface area contributed by atoms with Crippen LogP contribution in [0.1, 0.15) is 5.56 Å². The lowest BCUT2D eigenvalue weighted by Crippen LogP contribution is -2.37. The number of hydrogen-bond donors (Lipinski definition) is 2. The van der Waals surface area contributed by atoms with Crippen LogP contribution in [0, 0.1) is 0 Å². The summed E-state index contributed by atoms with van der Waals surface area (Å²) < 4.78 is 5.09. The Balaban J connectivity index is 2.17. The molecule has 1 atom stereocenters. The second-order valence-corrected chi connectivity index (χ2v) is 3.57. The van der Waals surface area contributed by atoms with Crippen molar-refractivity contribution in [3.8, 4) is 0 Å². The monoisotopic (exact) mass is 204 g/mol. The molecule has 0 aromatic heterocycles. The van der Waals surface area contributed by atoms with E-state index in [0.29, 0.717) is 11.3 Å². The average molecular weight is 204 g/mol. The first-order valence-corrected chi connectivity index (χ1v) is 4.60. The van der Waals surface area contributed by atoms with Crippen molar-refractivity contribution in [2.75, 3.05) is 11.9 Å². The van der Waals surface area contributed by atoms with E-state index in [2.05, 4.69) is 10.6 Å². The number of ether oxygens (including phenoxy) is 1. The predicted octanol–water partition coefficient (Wildman–Crippen LogP) is 0.574. The Kier molecular flexibility index (Phi) is 1.38. The van der Waals surface area contributed by atoms with E-state index in [1.807, 2.05) is 12.1 Å². The fraction of sp³-hybridized carbons (Fsp3) is 0.200. The SMILES string of the molecule is O=C1NC[C@@]2(O1)C(=O)Nc1ccccc12. The molecule has 2 amide bonds. The molecule has 2 N–H and O–H groups in total. The van der Waals surface area contributed by atoms with Gasteiger partial charge >= 0.3 is 6.09 Å². The van der Waals surface area contributed by atoms with Crippen LogP contribution < -0.4 is 10.6 Å². The number of carbonyl (C=O) groups is 2. The molecule has 2 aliphatic heterocycles. The molecule has 0 unspecified atom stereocenters. The minimum atomic E-state index is -1.16. The van der Waals surface area contributed by atoms with Crippen molar-refractivity contribution in [2.45, 2.75) is 5.60 Å². The second kappa shape index (κ2) is 2.50. The topological polar surface area (TPSA) is 67.4 Å². The number of para-hydroxylation sites is 1. The number of anilines is 1. The Morgan fingerprint density at radius 1 is 1.27 bits per heavy atom. The maximum Gasteiger partial charge on any atom is 0.408 e. The number of rotatable bonds is 0. The van der Waals surface area contributed by atoms with Crippen molar-refractivity contribution in [3.05, 3.63) is 29.8 Å². The zero-order chi connectivity index (χ0) is 10.5. The zero-order valence-corrected chi connectivity index (χ0v) is 7.74. The molecule has 76 valence electrons. The predicted molar refractivity (Wildman–Crippen MR) is 51.2 cm³/mol. The third-order valence-electron chi connectivity index (χ3n) is 2.73. The molecule has 3 rings (SSSR count). The summed E-state index contributed by atoms with van der Waals surface area (Å²) in [4.78, 5) is 22.8. The summed E-state index contributed by atoms with van der Waals surface area (Å²) in [7, 11) is 0. The highest BCUT2D eigenvalue weighted by Crippen LogP contribution is 2.40. The molecule has 1 fully saturated rings. The van der Waals surface area contributed by atoms with E-state index in [1.54, 1.807) is 12.1 Å². The van der Waals surface area contributed by atoms with Crippen LogP contribution in [0.15, 0.2) is 24.3 Å². The van der Waals surface area contributed by atoms with Gasteiger partial charge in [0.05, 0.1) is 6.54 Å². The fourth-order valence-electron chi connectivity index (χ4n) is 1.99. The van der Waals surface area contributed by atoms with E-state index in [1.165, 1.54) is 0 Å². The summed E-state index contributed by atoms with van der Waals surface area (Å²) >= 11 is 0. The van der Waals surface area contributed by atoms with Crippen molar-refractivity contribution in [2.24, 2.45) is 0 Å². The summed E-state index contributed by atoms with van der Waals surface area (Å²) in [6.07, 6.45) is -0.554. The van der Waals surface area contributed by atoms with Gasteiger partial charge in [-0.05, 0) is 6.07 Å². The van der Waals surface area contributed by atoms with E-state index < -0.39 is 11.7 Å². The largest absolute Gasteiger partial charge is 0.426 e. The standard InChI is InChI=1S/C10H8N2O3/c13-8-10(5-11-9(14)15-10)6-3-1-2-4-7(6)12-8/h1-4H,5H2,(H,11,14)(H,12,13)/t10-/m0/s1. The quantitative estimate of drug-likeness (QED) is 0.649. The van der Waals surface area contributed by atoms with Crippen molar-refractivity contribution in [1.82, 2.24) is 5.32 Å². The Labute approximate surface area is 85.4 Å². The van der Waals surface area contributed by atoms with Gasteiger partial charge in [0.2, 0.25) is 5.60 Å². The highest BCUT2D eigenvalue weighted by atomic mass is 16.6. The van der Waals surface area contributed by atoms with Gasteiger partial charge in [0.1, 0.15) is 0 Å². The van der Waals surface area contributed by atoms with Gasteiger partial charge in [-0.1, -0.05) is 18.2 Å². The number of benzene rings is 1. The van der Waals surface area contributed by atoms with Crippen LogP contribution in [-0.2, 0) is 15.1 Å². The van der Waals surface area contributed by atoms with Crippen LogP contribution in [0.25, 0.3) is 0 Å². The molecular formula is C10H8N2O3. The van der Waals surface area contributed by atoms with E-state index >= 15 is 0 Å². The van der Waals surface area contributed by atoms with Crippen molar-refractivity contribution < 1.29 is 14.3 Å². The van der Waals surface area contributed by atoms with E-state index in [4.69, 9.17) is 4.74 Å². The molecule has 1 aromatic rings. The van der Waals surface area contributed by atoms with Gasteiger partial charge in [-0.15, -0.1) is 0 Å². The normalized spacial score (nSPS) is 27.2. The number of amides is 2. The summed E-state index contributed by atoms with van der Waals surface area (Å²) in [5.41, 5.74) is 0.264. The molecule has 5 heteroatoms. The molecule has 2 aliphatic rings. The van der Waals surface area contributed by atoms with Gasteiger partial charge in [0.25, 0.3) is 5.91 Å². The van der Waals surface area contributed by atoms with Gasteiger partial charge in [-0.2, -0.15) is 0 Å². The molecule has 1 spiro atoms. The van der Waals surface area contributed by atoms with E-state index in [0.717, 1.165) is 0 Å². The van der Waals surface area contributed by atoms with Gasteiger partial charge in [-0.25, -0.2) is 4.79 Å². The van der Waals surface area contributed by atoms with Crippen molar-refractivity contribution in [1.29, 1.82) is 0 Å². The molecule has 1 saturated heterocycles. The van der Waals surface area contributed by atoms with Crippen LogP contribution in [0.2, 0.25) is 0 Å². The molecule has 15 heavy (non-hydrogen) atoms. The van der Waals surface area contributed by atoms with Gasteiger partial charge in [-0.3, -0.25) is 4.79 Å². The fourth-order valence-corrected chi connectivity index (χ4v) is 1.99. The Hall–Kier alpha value is -2.04. The number of alkyl carbamates (subject to hydrolysis) is 1. The Morgan fingerprint density at radius 3 is 2.80 bits per heavy atom. The summed E-state index contributed by atoms with van der Waals surface area (Å²) in [5, 5.41) is 5.20. The summed E-state index contributed by atoms with van der Waals surface area (Å²) in [5.74, 6) is -0.290. The summed E-state index contributed by atoms with van der Waals surface area (Å²) in [6.45, 7) is 0.189. The Bertz CT molecular complexity index is 471. The molecule has 0 bridgehead atoms. The zero-order valence-electron chi connectivity index (χ0n) is 7.74. The highest BCUT2D eigenvalue weighted by Gasteiger charge is 2.54. The highest BCUT2D eigenvalue weighted by molar-refractivity contribution is 6.07. The molecular weight excluding hydrogens is 196 g/mol. The maximum atomic E-state index is 11.8. The number of carbonyl (C=O) groups excluding carboxylic acids is 2. The lowest BCUT2D eigenvalue weighted by molar-refractivity contribution is -0.130. The Morgan fingerprint density at radius 2 is 2.07 bits per heavy atom. The number of nitrogens with one attached hydrogen (secondary N) is 2. The number of fused-ring (bicyclic) bond motifs is 2.